The van der Waals surface area contributed by atoms with Crippen molar-refractivity contribution < 1.29 is 4.79 Å². The second-order valence-electron chi connectivity index (χ2n) is 5.71. The lowest BCUT2D eigenvalue weighted by molar-refractivity contribution is -0.119. The van der Waals surface area contributed by atoms with E-state index < -0.39 is 11.2 Å². The molecule has 1 fully saturated rings. The Balaban J connectivity index is 1.98. The number of hydrogen-bond donors (Lipinski definition) is 2. The second-order valence-corrected chi connectivity index (χ2v) is 5.71. The van der Waals surface area contributed by atoms with Crippen LogP contribution in [0.1, 0.15) is 32.6 Å². The van der Waals surface area contributed by atoms with Crippen molar-refractivity contribution in [1.82, 2.24) is 9.55 Å². The van der Waals surface area contributed by atoms with Gasteiger partial charge < -0.3 is 5.32 Å². The zero-order chi connectivity index (χ0) is 15.7. The highest BCUT2D eigenvalue weighted by molar-refractivity contribution is 5.95. The lowest BCUT2D eigenvalue weighted by Crippen LogP contribution is -2.30. The van der Waals surface area contributed by atoms with Crippen molar-refractivity contribution in [3.8, 4) is 0 Å². The van der Waals surface area contributed by atoms with Crippen molar-refractivity contribution in [2.75, 3.05) is 5.32 Å². The number of fused-ring (bicyclic) bond motifs is 1. The van der Waals surface area contributed by atoms with Gasteiger partial charge in [0.2, 0.25) is 5.91 Å². The number of anilines is 1. The summed E-state index contributed by atoms with van der Waals surface area (Å²) in [5.41, 5.74) is 0.329. The lowest BCUT2D eigenvalue weighted by atomic mass is 10.1. The molecule has 0 unspecified atom stereocenters. The molecule has 6 nitrogen and oxygen atoms in total. The van der Waals surface area contributed by atoms with Crippen LogP contribution in [0.4, 0.5) is 5.69 Å². The first-order valence-corrected chi connectivity index (χ1v) is 7.68. The van der Waals surface area contributed by atoms with Crippen LogP contribution in [0, 0.1) is 5.92 Å². The van der Waals surface area contributed by atoms with E-state index in [2.05, 4.69) is 10.3 Å². The van der Waals surface area contributed by atoms with Crippen LogP contribution >= 0.6 is 0 Å². The first kappa shape index (κ1) is 14.6. The molecule has 1 aliphatic carbocycles. The van der Waals surface area contributed by atoms with Gasteiger partial charge in [-0.25, -0.2) is 4.79 Å². The van der Waals surface area contributed by atoms with E-state index in [0.717, 1.165) is 25.7 Å². The number of benzene rings is 1. The number of aromatic amines is 1. The van der Waals surface area contributed by atoms with Crippen molar-refractivity contribution in [1.29, 1.82) is 0 Å². The van der Waals surface area contributed by atoms with E-state index in [1.807, 2.05) is 6.92 Å². The summed E-state index contributed by atoms with van der Waals surface area (Å²) in [5, 5.41) is 3.28. The normalized spacial score (nSPS) is 15.3. The van der Waals surface area contributed by atoms with Crippen LogP contribution in [0.25, 0.3) is 10.9 Å². The minimum absolute atomic E-state index is 0.0112. The van der Waals surface area contributed by atoms with Crippen LogP contribution in [-0.4, -0.2) is 15.5 Å². The summed E-state index contributed by atoms with van der Waals surface area (Å²) >= 11 is 0. The Labute approximate surface area is 127 Å². The van der Waals surface area contributed by atoms with E-state index >= 15 is 0 Å². The maximum Gasteiger partial charge on any atom is 0.328 e. The molecule has 1 aromatic carbocycles. The average Bonchev–Trinajstić information content (AvgIpc) is 3.02. The number of nitrogens with one attached hydrogen (secondary N) is 2. The topological polar surface area (TPSA) is 84.0 Å². The van der Waals surface area contributed by atoms with Gasteiger partial charge >= 0.3 is 5.69 Å². The number of H-pyrrole nitrogens is 1. The average molecular weight is 301 g/mol. The van der Waals surface area contributed by atoms with Crippen molar-refractivity contribution in [2.45, 2.75) is 39.2 Å². The molecule has 0 radical (unpaired) electrons. The van der Waals surface area contributed by atoms with Crippen molar-refractivity contribution in [2.24, 2.45) is 5.92 Å². The standard InChI is InChI=1S/C16H19N3O3/c1-2-19-13-8-7-11(9-12(13)15(21)18-16(19)22)17-14(20)10-5-3-4-6-10/h7-10H,2-6H2,1H3,(H,17,20)(H,18,21,22). The van der Waals surface area contributed by atoms with Gasteiger partial charge in [-0.1, -0.05) is 12.8 Å². The molecule has 0 atom stereocenters. The van der Waals surface area contributed by atoms with Crippen molar-refractivity contribution in [3.63, 3.8) is 0 Å². The molecule has 1 amide bonds. The summed E-state index contributed by atoms with van der Waals surface area (Å²) in [6.45, 7) is 2.31. The number of aryl methyl sites for hydroxylation is 1. The van der Waals surface area contributed by atoms with Gasteiger partial charge in [0.05, 0.1) is 10.9 Å². The van der Waals surface area contributed by atoms with E-state index in [9.17, 15) is 14.4 Å². The zero-order valence-electron chi connectivity index (χ0n) is 12.5. The van der Waals surface area contributed by atoms with Gasteiger partial charge in [-0.15, -0.1) is 0 Å². The molecule has 3 rings (SSSR count). The van der Waals surface area contributed by atoms with Crippen LogP contribution in [0.5, 0.6) is 0 Å². The van der Waals surface area contributed by atoms with Crippen LogP contribution in [-0.2, 0) is 11.3 Å². The third-order valence-electron chi connectivity index (χ3n) is 4.31. The minimum atomic E-state index is -0.429. The van der Waals surface area contributed by atoms with Crippen molar-refractivity contribution in [3.05, 3.63) is 39.0 Å². The van der Waals surface area contributed by atoms with Gasteiger partial charge in [-0.2, -0.15) is 0 Å². The molecule has 1 saturated carbocycles. The maximum absolute atomic E-state index is 12.2. The molecule has 116 valence electrons. The van der Waals surface area contributed by atoms with E-state index in [4.69, 9.17) is 0 Å². The first-order chi connectivity index (χ1) is 10.6. The fourth-order valence-corrected chi connectivity index (χ4v) is 3.12. The molecule has 1 aromatic heterocycles. The quantitative estimate of drug-likeness (QED) is 0.907. The monoisotopic (exact) mass is 301 g/mol. The molecule has 2 N–H and O–H groups in total. The predicted octanol–water partition coefficient (Wildman–Crippen LogP) is 1.84. The number of aromatic nitrogens is 2. The van der Waals surface area contributed by atoms with E-state index in [-0.39, 0.29) is 11.8 Å². The fraction of sp³-hybridized carbons (Fsp3) is 0.438. The molecule has 0 bridgehead atoms. The summed E-state index contributed by atoms with van der Waals surface area (Å²) in [7, 11) is 0. The Kier molecular flexibility index (Phi) is 3.83. The van der Waals surface area contributed by atoms with Crippen LogP contribution in [0.15, 0.2) is 27.8 Å². The van der Waals surface area contributed by atoms with Gasteiger partial charge in [0, 0.05) is 18.2 Å². The highest BCUT2D eigenvalue weighted by Crippen LogP contribution is 2.26. The summed E-state index contributed by atoms with van der Waals surface area (Å²) in [4.78, 5) is 38.2. The molecule has 2 aromatic rings. The zero-order valence-corrected chi connectivity index (χ0v) is 12.5. The van der Waals surface area contributed by atoms with Gasteiger partial charge in [0.15, 0.2) is 0 Å². The molecule has 6 heteroatoms. The Morgan fingerprint density at radius 3 is 2.73 bits per heavy atom. The first-order valence-electron chi connectivity index (χ1n) is 7.68. The summed E-state index contributed by atoms with van der Waals surface area (Å²) in [5.74, 6) is 0.0793. The molecular formula is C16H19N3O3. The van der Waals surface area contributed by atoms with E-state index in [1.54, 1.807) is 18.2 Å². The number of rotatable bonds is 3. The fourth-order valence-electron chi connectivity index (χ4n) is 3.12. The molecule has 0 aliphatic heterocycles. The highest BCUT2D eigenvalue weighted by Gasteiger charge is 2.22. The number of carbonyl (C=O) groups is 1. The maximum atomic E-state index is 12.2. The van der Waals surface area contributed by atoms with Crippen molar-refractivity contribution >= 4 is 22.5 Å². The van der Waals surface area contributed by atoms with E-state index in [0.29, 0.717) is 23.1 Å². The number of amides is 1. The second kappa shape index (κ2) is 5.79. The molecule has 0 spiro atoms. The largest absolute Gasteiger partial charge is 0.328 e. The highest BCUT2D eigenvalue weighted by atomic mass is 16.2. The minimum Gasteiger partial charge on any atom is -0.326 e. The van der Waals surface area contributed by atoms with Gasteiger partial charge in [-0.3, -0.25) is 19.1 Å². The molecular weight excluding hydrogens is 282 g/mol. The SMILES string of the molecule is CCn1c(=O)[nH]c(=O)c2cc(NC(=O)C3CCCC3)ccc21. The lowest BCUT2D eigenvalue weighted by Gasteiger charge is -2.12. The molecule has 1 heterocycles. The third-order valence-corrected chi connectivity index (χ3v) is 4.31. The van der Waals surface area contributed by atoms with Gasteiger partial charge in [0.1, 0.15) is 0 Å². The number of nitrogens with zero attached hydrogens (tertiary/aromatic N) is 1. The third kappa shape index (κ3) is 2.56. The van der Waals surface area contributed by atoms with Crippen LogP contribution < -0.4 is 16.6 Å². The number of hydrogen-bond acceptors (Lipinski definition) is 3. The Morgan fingerprint density at radius 2 is 2.05 bits per heavy atom. The Bertz CT molecular complexity index is 829. The summed E-state index contributed by atoms with van der Waals surface area (Å²) in [6, 6.07) is 5.08. The smallest absolute Gasteiger partial charge is 0.326 e. The molecule has 0 saturated heterocycles. The van der Waals surface area contributed by atoms with Crippen LogP contribution in [0.3, 0.4) is 0 Å². The molecule has 1 aliphatic rings. The summed E-state index contributed by atoms with van der Waals surface area (Å²) < 4.78 is 1.50. The predicted molar refractivity (Wildman–Crippen MR) is 85.1 cm³/mol. The Morgan fingerprint density at radius 1 is 1.32 bits per heavy atom. The Hall–Kier alpha value is -2.37. The van der Waals surface area contributed by atoms with E-state index in [1.165, 1.54) is 4.57 Å². The van der Waals surface area contributed by atoms with Gasteiger partial charge in [0.25, 0.3) is 5.56 Å². The summed E-state index contributed by atoms with van der Waals surface area (Å²) in [6.07, 6.45) is 4.04. The van der Waals surface area contributed by atoms with Crippen LogP contribution in [0.2, 0.25) is 0 Å². The molecule has 22 heavy (non-hydrogen) atoms. The number of carbonyl (C=O) groups excluding carboxylic acids is 1. The van der Waals surface area contributed by atoms with Gasteiger partial charge in [-0.05, 0) is 38.0 Å².